The minimum absolute atomic E-state index is 0.0994. The third kappa shape index (κ3) is 2.82. The molecule has 106 valence electrons. The molecule has 20 heavy (non-hydrogen) atoms. The zero-order chi connectivity index (χ0) is 13.8. The number of pyridine rings is 1. The number of nitrogens with zero attached hydrogens (tertiary/aromatic N) is 3. The van der Waals surface area contributed by atoms with Crippen LogP contribution in [0, 0.1) is 0 Å². The maximum Gasteiger partial charge on any atom is 0.287 e. The average molecular weight is 272 g/mol. The number of aromatic nitrogens is 2. The van der Waals surface area contributed by atoms with Crippen molar-refractivity contribution in [3.8, 4) is 0 Å². The third-order valence-electron chi connectivity index (χ3n) is 3.78. The number of carbonyl (C=O) groups is 1. The zero-order valence-corrected chi connectivity index (χ0v) is 11.6. The highest BCUT2D eigenvalue weighted by Gasteiger charge is 2.13. The molecule has 0 bridgehead atoms. The summed E-state index contributed by atoms with van der Waals surface area (Å²) in [5.74, 6) is 0.361. The molecule has 2 aromatic rings. The van der Waals surface area contributed by atoms with Crippen LogP contribution >= 0.6 is 0 Å². The Bertz CT molecular complexity index is 586. The van der Waals surface area contributed by atoms with Gasteiger partial charge in [-0.25, -0.2) is 4.98 Å². The highest BCUT2D eigenvalue weighted by Crippen LogP contribution is 2.07. The first-order valence-electron chi connectivity index (χ1n) is 7.27. The smallest absolute Gasteiger partial charge is 0.287 e. The fourth-order valence-electron chi connectivity index (χ4n) is 2.70. The average Bonchev–Trinajstić information content (AvgIpc) is 3.12. The van der Waals surface area contributed by atoms with Gasteiger partial charge in [0.15, 0.2) is 0 Å². The summed E-state index contributed by atoms with van der Waals surface area (Å²) in [7, 11) is 0. The first kappa shape index (κ1) is 13.1. The van der Waals surface area contributed by atoms with E-state index in [0.717, 1.165) is 18.5 Å². The summed E-state index contributed by atoms with van der Waals surface area (Å²) in [6.07, 6.45) is 7.20. The van der Waals surface area contributed by atoms with E-state index in [1.807, 2.05) is 28.8 Å². The largest absolute Gasteiger partial charge is 0.349 e. The maximum absolute atomic E-state index is 12.1. The Hall–Kier alpha value is -1.88. The van der Waals surface area contributed by atoms with Crippen molar-refractivity contribution in [2.24, 2.45) is 0 Å². The molecule has 1 fully saturated rings. The van der Waals surface area contributed by atoms with Crippen LogP contribution in [0.25, 0.3) is 5.52 Å². The monoisotopic (exact) mass is 272 g/mol. The summed E-state index contributed by atoms with van der Waals surface area (Å²) in [4.78, 5) is 18.8. The molecule has 0 atom stereocenters. The maximum atomic E-state index is 12.1. The fraction of sp³-hybridized carbons (Fsp3) is 0.467. The van der Waals surface area contributed by atoms with Gasteiger partial charge in [-0.2, -0.15) is 0 Å². The molecule has 3 rings (SSSR count). The Morgan fingerprint density at radius 2 is 2.15 bits per heavy atom. The minimum Gasteiger partial charge on any atom is -0.349 e. The van der Waals surface area contributed by atoms with Crippen LogP contribution in [-0.2, 0) is 0 Å². The molecule has 1 saturated heterocycles. The lowest BCUT2D eigenvalue weighted by Crippen LogP contribution is -2.29. The molecule has 1 aliphatic heterocycles. The standard InChI is InChI=1S/C15H20N4O/c20-15(16-7-5-10-18-8-3-4-9-18)14-17-12-13-6-1-2-11-19(13)14/h1-2,6,11-12H,3-5,7-10H2,(H,16,20). The summed E-state index contributed by atoms with van der Waals surface area (Å²) in [6, 6.07) is 5.78. The second kappa shape index (κ2) is 6.05. The van der Waals surface area contributed by atoms with Crippen molar-refractivity contribution in [1.29, 1.82) is 0 Å². The number of likely N-dealkylation sites (tertiary alicyclic amines) is 1. The van der Waals surface area contributed by atoms with E-state index < -0.39 is 0 Å². The lowest BCUT2D eigenvalue weighted by Gasteiger charge is -2.14. The molecule has 3 heterocycles. The van der Waals surface area contributed by atoms with Crippen LogP contribution < -0.4 is 5.32 Å². The van der Waals surface area contributed by atoms with Gasteiger partial charge in [-0.1, -0.05) is 6.07 Å². The first-order chi connectivity index (χ1) is 9.84. The predicted octanol–water partition coefficient (Wildman–Crippen LogP) is 1.55. The SMILES string of the molecule is O=C(NCCCN1CCCC1)c1ncc2ccccn12. The Morgan fingerprint density at radius 1 is 1.30 bits per heavy atom. The van der Waals surface area contributed by atoms with Crippen molar-refractivity contribution in [3.05, 3.63) is 36.4 Å². The highest BCUT2D eigenvalue weighted by molar-refractivity contribution is 5.91. The quantitative estimate of drug-likeness (QED) is 0.840. The van der Waals surface area contributed by atoms with Gasteiger partial charge in [0.2, 0.25) is 5.82 Å². The van der Waals surface area contributed by atoms with Crippen molar-refractivity contribution in [1.82, 2.24) is 19.6 Å². The van der Waals surface area contributed by atoms with E-state index >= 15 is 0 Å². The topological polar surface area (TPSA) is 49.6 Å². The number of imidazole rings is 1. The lowest BCUT2D eigenvalue weighted by molar-refractivity contribution is 0.0941. The van der Waals surface area contributed by atoms with E-state index in [1.54, 1.807) is 6.20 Å². The normalized spacial score (nSPS) is 15.8. The highest BCUT2D eigenvalue weighted by atomic mass is 16.2. The molecule has 1 aliphatic rings. The van der Waals surface area contributed by atoms with Crippen LogP contribution in [0.5, 0.6) is 0 Å². The van der Waals surface area contributed by atoms with Gasteiger partial charge in [0.1, 0.15) is 0 Å². The second-order valence-electron chi connectivity index (χ2n) is 5.24. The number of hydrogen-bond acceptors (Lipinski definition) is 3. The second-order valence-corrected chi connectivity index (χ2v) is 5.24. The molecule has 0 saturated carbocycles. The number of hydrogen-bond donors (Lipinski definition) is 1. The van der Waals surface area contributed by atoms with E-state index in [2.05, 4.69) is 15.2 Å². The predicted molar refractivity (Wildman–Crippen MR) is 77.8 cm³/mol. The summed E-state index contributed by atoms with van der Waals surface area (Å²) >= 11 is 0. The Kier molecular flexibility index (Phi) is 3.97. The number of carbonyl (C=O) groups excluding carboxylic acids is 1. The molecular formula is C15H20N4O. The van der Waals surface area contributed by atoms with E-state index in [1.165, 1.54) is 25.9 Å². The van der Waals surface area contributed by atoms with Gasteiger partial charge in [0.25, 0.3) is 5.91 Å². The van der Waals surface area contributed by atoms with E-state index in [4.69, 9.17) is 0 Å². The molecule has 0 aliphatic carbocycles. The van der Waals surface area contributed by atoms with Gasteiger partial charge in [0.05, 0.1) is 11.7 Å². The summed E-state index contributed by atoms with van der Waals surface area (Å²) in [5, 5.41) is 2.95. The summed E-state index contributed by atoms with van der Waals surface area (Å²) < 4.78 is 1.82. The molecule has 5 heteroatoms. The van der Waals surface area contributed by atoms with Gasteiger partial charge in [-0.3, -0.25) is 9.20 Å². The fourth-order valence-corrected chi connectivity index (χ4v) is 2.70. The molecule has 5 nitrogen and oxygen atoms in total. The van der Waals surface area contributed by atoms with Crippen LogP contribution in [0.3, 0.4) is 0 Å². The molecule has 2 aromatic heterocycles. The molecule has 1 N–H and O–H groups in total. The number of fused-ring (bicyclic) bond motifs is 1. The zero-order valence-electron chi connectivity index (χ0n) is 11.6. The van der Waals surface area contributed by atoms with Crippen molar-refractivity contribution < 1.29 is 4.79 Å². The van der Waals surface area contributed by atoms with E-state index in [-0.39, 0.29) is 5.91 Å². The van der Waals surface area contributed by atoms with Crippen LogP contribution in [0.4, 0.5) is 0 Å². The van der Waals surface area contributed by atoms with Gasteiger partial charge in [-0.05, 0) is 51.0 Å². The number of rotatable bonds is 5. The van der Waals surface area contributed by atoms with E-state index in [9.17, 15) is 4.79 Å². The van der Waals surface area contributed by atoms with Crippen molar-refractivity contribution >= 4 is 11.4 Å². The minimum atomic E-state index is -0.0994. The Labute approximate surface area is 118 Å². The molecule has 0 spiro atoms. The van der Waals surface area contributed by atoms with Crippen LogP contribution in [0.15, 0.2) is 30.6 Å². The number of amides is 1. The molecule has 1 amide bonds. The Balaban J connectivity index is 1.51. The van der Waals surface area contributed by atoms with Crippen LogP contribution in [0.2, 0.25) is 0 Å². The summed E-state index contributed by atoms with van der Waals surface area (Å²) in [6.45, 7) is 4.19. The van der Waals surface area contributed by atoms with Crippen molar-refractivity contribution in [2.75, 3.05) is 26.2 Å². The van der Waals surface area contributed by atoms with Crippen LogP contribution in [-0.4, -0.2) is 46.4 Å². The van der Waals surface area contributed by atoms with Gasteiger partial charge in [0, 0.05) is 12.7 Å². The first-order valence-corrected chi connectivity index (χ1v) is 7.27. The molecular weight excluding hydrogens is 252 g/mol. The summed E-state index contributed by atoms with van der Waals surface area (Å²) in [5.41, 5.74) is 0.940. The molecule has 0 unspecified atom stereocenters. The van der Waals surface area contributed by atoms with Crippen molar-refractivity contribution in [3.63, 3.8) is 0 Å². The van der Waals surface area contributed by atoms with Gasteiger partial charge >= 0.3 is 0 Å². The number of nitrogens with one attached hydrogen (secondary N) is 1. The molecule has 0 radical (unpaired) electrons. The lowest BCUT2D eigenvalue weighted by atomic mass is 10.3. The third-order valence-corrected chi connectivity index (χ3v) is 3.78. The van der Waals surface area contributed by atoms with Gasteiger partial charge in [-0.15, -0.1) is 0 Å². The molecule has 0 aromatic carbocycles. The van der Waals surface area contributed by atoms with Gasteiger partial charge < -0.3 is 10.2 Å². The Morgan fingerprint density at radius 3 is 3.00 bits per heavy atom. The van der Waals surface area contributed by atoms with Crippen LogP contribution in [0.1, 0.15) is 29.9 Å². The van der Waals surface area contributed by atoms with E-state index in [0.29, 0.717) is 12.4 Å². The van der Waals surface area contributed by atoms with Crippen molar-refractivity contribution in [2.45, 2.75) is 19.3 Å².